The predicted octanol–water partition coefficient (Wildman–Crippen LogP) is 0.414. The first-order chi connectivity index (χ1) is 6.72. The van der Waals surface area contributed by atoms with Crippen LogP contribution in [0.15, 0.2) is 29.3 Å². The largest absolute Gasteiger partial charge is 0.465 e. The second kappa shape index (κ2) is 3.02. The second-order valence-corrected chi connectivity index (χ2v) is 2.79. The van der Waals surface area contributed by atoms with Gasteiger partial charge in [0.15, 0.2) is 0 Å². The minimum Gasteiger partial charge on any atom is -0.465 e. The Bertz CT molecular complexity index is 538. The van der Waals surface area contributed by atoms with E-state index in [0.29, 0.717) is 5.65 Å². The Balaban J connectivity index is 2.70. The molecule has 14 heavy (non-hydrogen) atoms. The van der Waals surface area contributed by atoms with Crippen LogP contribution in [0.3, 0.4) is 0 Å². The van der Waals surface area contributed by atoms with Gasteiger partial charge >= 0.3 is 5.97 Å². The first-order valence-electron chi connectivity index (χ1n) is 4.00. The van der Waals surface area contributed by atoms with Gasteiger partial charge in [0.2, 0.25) is 0 Å². The smallest absolute Gasteiger partial charge is 0.338 e. The number of carbonyl (C=O) groups excluding carboxylic acids is 1. The van der Waals surface area contributed by atoms with Gasteiger partial charge in [0.25, 0.3) is 5.56 Å². The van der Waals surface area contributed by atoms with Gasteiger partial charge in [-0.3, -0.25) is 9.20 Å². The van der Waals surface area contributed by atoms with Gasteiger partial charge in [-0.05, 0) is 6.07 Å². The molecular formula is C9H8N2O3. The van der Waals surface area contributed by atoms with Crippen molar-refractivity contribution in [1.82, 2.24) is 9.38 Å². The molecular weight excluding hydrogens is 184 g/mol. The van der Waals surface area contributed by atoms with Crippen molar-refractivity contribution in [3.05, 3.63) is 40.4 Å². The third-order valence-electron chi connectivity index (χ3n) is 1.94. The van der Waals surface area contributed by atoms with Crippen LogP contribution in [0.4, 0.5) is 0 Å². The van der Waals surface area contributed by atoms with E-state index in [0.717, 1.165) is 0 Å². The molecule has 0 saturated carbocycles. The fourth-order valence-corrected chi connectivity index (χ4v) is 1.28. The number of pyridine rings is 1. The number of aromatic nitrogens is 2. The maximum Gasteiger partial charge on any atom is 0.338 e. The van der Waals surface area contributed by atoms with Gasteiger partial charge in [-0.2, -0.15) is 0 Å². The molecule has 0 bridgehead atoms. The monoisotopic (exact) mass is 192 g/mol. The lowest BCUT2D eigenvalue weighted by Gasteiger charge is -1.98. The number of carbonyl (C=O) groups is 1. The van der Waals surface area contributed by atoms with Crippen LogP contribution in [0.2, 0.25) is 0 Å². The van der Waals surface area contributed by atoms with Crippen molar-refractivity contribution in [2.75, 3.05) is 7.11 Å². The molecule has 5 heteroatoms. The fraction of sp³-hybridized carbons (Fsp3) is 0.111. The molecule has 0 aromatic carbocycles. The highest BCUT2D eigenvalue weighted by molar-refractivity contribution is 5.90. The minimum absolute atomic E-state index is 0.250. The minimum atomic E-state index is -0.515. The zero-order valence-corrected chi connectivity index (χ0v) is 7.48. The predicted molar refractivity (Wildman–Crippen MR) is 49.4 cm³/mol. The van der Waals surface area contributed by atoms with Crippen molar-refractivity contribution in [2.24, 2.45) is 0 Å². The fourth-order valence-electron chi connectivity index (χ4n) is 1.28. The third-order valence-corrected chi connectivity index (χ3v) is 1.94. The highest BCUT2D eigenvalue weighted by Gasteiger charge is 2.08. The maximum absolute atomic E-state index is 11.4. The zero-order chi connectivity index (χ0) is 10.1. The normalized spacial score (nSPS) is 10.4. The van der Waals surface area contributed by atoms with E-state index >= 15 is 0 Å². The van der Waals surface area contributed by atoms with Crippen LogP contribution in [-0.4, -0.2) is 22.5 Å². The summed E-state index contributed by atoms with van der Waals surface area (Å²) in [5.41, 5.74) is 0.557. The molecule has 0 unspecified atom stereocenters. The summed E-state index contributed by atoms with van der Waals surface area (Å²) in [4.78, 5) is 25.4. The molecule has 5 nitrogen and oxygen atoms in total. The number of ether oxygens (including phenoxy) is 1. The average molecular weight is 192 g/mol. The van der Waals surface area contributed by atoms with Crippen molar-refractivity contribution in [2.45, 2.75) is 0 Å². The summed E-state index contributed by atoms with van der Waals surface area (Å²) < 4.78 is 5.92. The highest BCUT2D eigenvalue weighted by atomic mass is 16.5. The van der Waals surface area contributed by atoms with Gasteiger partial charge in [-0.25, -0.2) is 4.79 Å². The van der Waals surface area contributed by atoms with E-state index in [1.54, 1.807) is 18.5 Å². The molecule has 0 atom stereocenters. The number of nitrogens with one attached hydrogen (secondary N) is 1. The summed E-state index contributed by atoms with van der Waals surface area (Å²) >= 11 is 0. The number of methoxy groups -OCH3 is 1. The molecule has 1 N–H and O–H groups in total. The summed E-state index contributed by atoms with van der Waals surface area (Å²) in [5.74, 6) is -0.515. The number of nitrogens with zero attached hydrogens (tertiary/aromatic N) is 1. The Morgan fingerprint density at radius 3 is 3.00 bits per heavy atom. The Morgan fingerprint density at radius 2 is 2.29 bits per heavy atom. The molecule has 0 aliphatic carbocycles. The van der Waals surface area contributed by atoms with E-state index in [1.807, 2.05) is 0 Å². The number of aromatic amines is 1. The Hall–Kier alpha value is -2.04. The van der Waals surface area contributed by atoms with E-state index in [4.69, 9.17) is 0 Å². The van der Waals surface area contributed by atoms with Crippen molar-refractivity contribution in [3.8, 4) is 0 Å². The number of rotatable bonds is 1. The number of hydrogen-bond donors (Lipinski definition) is 1. The number of esters is 1. The lowest BCUT2D eigenvalue weighted by atomic mass is 10.2. The van der Waals surface area contributed by atoms with E-state index < -0.39 is 5.97 Å². The Kier molecular flexibility index (Phi) is 1.85. The lowest BCUT2D eigenvalue weighted by molar-refractivity contribution is 0.0600. The topological polar surface area (TPSA) is 63.6 Å². The molecule has 0 aliphatic rings. The van der Waals surface area contributed by atoms with Crippen LogP contribution >= 0.6 is 0 Å². The van der Waals surface area contributed by atoms with E-state index in [9.17, 15) is 9.59 Å². The van der Waals surface area contributed by atoms with Gasteiger partial charge in [0.05, 0.1) is 12.7 Å². The molecule has 0 spiro atoms. The van der Waals surface area contributed by atoms with E-state index in [1.165, 1.54) is 17.6 Å². The zero-order valence-electron chi connectivity index (χ0n) is 7.48. The molecule has 0 aliphatic heterocycles. The van der Waals surface area contributed by atoms with Crippen LogP contribution in [0.25, 0.3) is 5.65 Å². The van der Waals surface area contributed by atoms with Crippen molar-refractivity contribution >= 4 is 11.6 Å². The summed E-state index contributed by atoms with van der Waals surface area (Å²) in [6.45, 7) is 0. The number of imidazole rings is 1. The molecule has 2 aromatic heterocycles. The first kappa shape index (κ1) is 8.55. The quantitative estimate of drug-likeness (QED) is 0.666. The molecule has 72 valence electrons. The second-order valence-electron chi connectivity index (χ2n) is 2.79. The van der Waals surface area contributed by atoms with Crippen molar-refractivity contribution in [3.63, 3.8) is 0 Å². The Morgan fingerprint density at radius 1 is 1.50 bits per heavy atom. The van der Waals surface area contributed by atoms with Gasteiger partial charge < -0.3 is 9.72 Å². The van der Waals surface area contributed by atoms with Gasteiger partial charge in [0, 0.05) is 18.5 Å². The van der Waals surface area contributed by atoms with Gasteiger partial charge in [-0.1, -0.05) is 0 Å². The standard InChI is InChI=1S/C9H8N2O3/c1-14-9(13)6-4-7-10-2-3-11(7)8(12)5-6/h2-5,10H,1H3. The number of fused-ring (bicyclic) bond motifs is 1. The maximum atomic E-state index is 11.4. The summed E-state index contributed by atoms with van der Waals surface area (Å²) in [6.07, 6.45) is 3.22. The van der Waals surface area contributed by atoms with E-state index in [-0.39, 0.29) is 11.1 Å². The van der Waals surface area contributed by atoms with Crippen LogP contribution in [0.5, 0.6) is 0 Å². The van der Waals surface area contributed by atoms with Gasteiger partial charge in [0.1, 0.15) is 5.65 Å². The molecule has 0 amide bonds. The highest BCUT2D eigenvalue weighted by Crippen LogP contribution is 2.02. The molecule has 2 aromatic rings. The number of H-pyrrole nitrogens is 1. The summed E-state index contributed by atoms with van der Waals surface area (Å²) in [6, 6.07) is 2.81. The van der Waals surface area contributed by atoms with Crippen molar-refractivity contribution < 1.29 is 9.53 Å². The molecule has 0 fully saturated rings. The number of hydrogen-bond acceptors (Lipinski definition) is 3. The van der Waals surface area contributed by atoms with Crippen molar-refractivity contribution in [1.29, 1.82) is 0 Å². The summed E-state index contributed by atoms with van der Waals surface area (Å²) in [5, 5.41) is 0. The SMILES string of the molecule is COC(=O)c1cc(=O)n2cc[nH]c2c1. The molecule has 2 rings (SSSR count). The summed E-state index contributed by atoms with van der Waals surface area (Å²) in [7, 11) is 1.28. The van der Waals surface area contributed by atoms with E-state index in [2.05, 4.69) is 9.72 Å². The van der Waals surface area contributed by atoms with Crippen LogP contribution in [0, 0.1) is 0 Å². The van der Waals surface area contributed by atoms with Crippen LogP contribution in [0.1, 0.15) is 10.4 Å². The third kappa shape index (κ3) is 1.19. The van der Waals surface area contributed by atoms with Crippen LogP contribution in [-0.2, 0) is 4.74 Å². The lowest BCUT2D eigenvalue weighted by Crippen LogP contribution is -2.14. The first-order valence-corrected chi connectivity index (χ1v) is 4.00. The average Bonchev–Trinajstić information content (AvgIpc) is 2.64. The molecule has 0 radical (unpaired) electrons. The Labute approximate surface area is 78.9 Å². The van der Waals surface area contributed by atoms with Gasteiger partial charge in [-0.15, -0.1) is 0 Å². The van der Waals surface area contributed by atoms with Crippen LogP contribution < -0.4 is 5.56 Å². The molecule has 0 saturated heterocycles. The molecule has 2 heterocycles.